The second-order valence-corrected chi connectivity index (χ2v) is 5.34. The molecule has 1 N–H and O–H groups in total. The zero-order valence-electron chi connectivity index (χ0n) is 5.42. The standard InChI is InChI=1S/C5H9O3P/c1-4(5(6)7)9(2,3)8/h1H2,2-3H3,(H,6,7). The molecule has 0 heterocycles. The highest BCUT2D eigenvalue weighted by molar-refractivity contribution is 7.67. The monoisotopic (exact) mass is 148 g/mol. The van der Waals surface area contributed by atoms with Crippen LogP contribution in [0.2, 0.25) is 0 Å². The maximum atomic E-state index is 10.9. The number of carboxylic acid groups (broad SMARTS) is 1. The van der Waals surface area contributed by atoms with Gasteiger partial charge in [-0.2, -0.15) is 0 Å². The quantitative estimate of drug-likeness (QED) is 0.473. The summed E-state index contributed by atoms with van der Waals surface area (Å²) in [4.78, 5) is 10.1. The van der Waals surface area contributed by atoms with Gasteiger partial charge in [-0.3, -0.25) is 0 Å². The van der Waals surface area contributed by atoms with E-state index in [1.54, 1.807) is 0 Å². The van der Waals surface area contributed by atoms with Crippen LogP contribution in [0.15, 0.2) is 11.9 Å². The summed E-state index contributed by atoms with van der Waals surface area (Å²) in [5, 5.41) is 8.05. The minimum absolute atomic E-state index is 0.192. The van der Waals surface area contributed by atoms with E-state index >= 15 is 0 Å². The summed E-state index contributed by atoms with van der Waals surface area (Å²) in [6.07, 6.45) is 0. The smallest absolute Gasteiger partial charge is 0.338 e. The number of hydrogen-bond acceptors (Lipinski definition) is 2. The summed E-state index contributed by atoms with van der Waals surface area (Å²) in [5.74, 6) is -1.18. The second kappa shape index (κ2) is 2.36. The van der Waals surface area contributed by atoms with Gasteiger partial charge in [0.15, 0.2) is 0 Å². The van der Waals surface area contributed by atoms with Crippen molar-refractivity contribution in [3.8, 4) is 0 Å². The highest BCUT2D eigenvalue weighted by atomic mass is 31.2. The third-order valence-electron chi connectivity index (χ3n) is 0.897. The van der Waals surface area contributed by atoms with Crippen LogP contribution in [0.1, 0.15) is 0 Å². The van der Waals surface area contributed by atoms with Crippen LogP contribution in [-0.4, -0.2) is 24.4 Å². The molecule has 9 heavy (non-hydrogen) atoms. The van der Waals surface area contributed by atoms with Crippen LogP contribution in [-0.2, 0) is 9.36 Å². The minimum atomic E-state index is -2.61. The zero-order chi connectivity index (χ0) is 7.65. The molecular formula is C5H9O3P. The van der Waals surface area contributed by atoms with Crippen LogP contribution in [0.4, 0.5) is 0 Å². The van der Waals surface area contributed by atoms with Gasteiger partial charge in [0.05, 0.1) is 5.31 Å². The Kier molecular flexibility index (Phi) is 2.21. The van der Waals surface area contributed by atoms with Gasteiger partial charge in [0.2, 0.25) is 0 Å². The Morgan fingerprint density at radius 3 is 1.89 bits per heavy atom. The zero-order valence-corrected chi connectivity index (χ0v) is 6.31. The van der Waals surface area contributed by atoms with E-state index in [0.717, 1.165) is 0 Å². The lowest BCUT2D eigenvalue weighted by Crippen LogP contribution is -1.98. The highest BCUT2D eigenvalue weighted by Crippen LogP contribution is 2.44. The largest absolute Gasteiger partial charge is 0.478 e. The molecule has 0 aromatic heterocycles. The van der Waals surface area contributed by atoms with Crippen molar-refractivity contribution in [2.75, 3.05) is 13.3 Å². The van der Waals surface area contributed by atoms with Crippen molar-refractivity contribution in [2.24, 2.45) is 0 Å². The Bertz CT molecular complexity index is 188. The summed E-state index contributed by atoms with van der Waals surface area (Å²) in [6, 6.07) is 0. The first-order chi connectivity index (χ1) is 3.85. The van der Waals surface area contributed by atoms with Gasteiger partial charge in [-0.1, -0.05) is 6.58 Å². The average molecular weight is 148 g/mol. The fourth-order valence-corrected chi connectivity index (χ4v) is 0.691. The molecule has 52 valence electrons. The van der Waals surface area contributed by atoms with Gasteiger partial charge in [-0.25, -0.2) is 4.79 Å². The molecule has 0 saturated carbocycles. The van der Waals surface area contributed by atoms with Crippen LogP contribution >= 0.6 is 7.14 Å². The Balaban J connectivity index is 4.43. The molecule has 0 aromatic carbocycles. The second-order valence-electron chi connectivity index (χ2n) is 2.10. The first kappa shape index (κ1) is 8.44. The Morgan fingerprint density at radius 2 is 1.89 bits per heavy atom. The molecule has 0 spiro atoms. The van der Waals surface area contributed by atoms with E-state index in [1.165, 1.54) is 13.3 Å². The summed E-state index contributed by atoms with van der Waals surface area (Å²) in [7, 11) is -2.61. The van der Waals surface area contributed by atoms with Gasteiger partial charge in [-0.15, -0.1) is 0 Å². The van der Waals surface area contributed by atoms with Crippen LogP contribution in [0.5, 0.6) is 0 Å². The maximum Gasteiger partial charge on any atom is 0.338 e. The van der Waals surface area contributed by atoms with E-state index in [9.17, 15) is 9.36 Å². The molecule has 0 unspecified atom stereocenters. The van der Waals surface area contributed by atoms with Crippen molar-refractivity contribution < 1.29 is 14.5 Å². The van der Waals surface area contributed by atoms with Crippen molar-refractivity contribution in [2.45, 2.75) is 0 Å². The van der Waals surface area contributed by atoms with Crippen molar-refractivity contribution in [3.05, 3.63) is 11.9 Å². The van der Waals surface area contributed by atoms with Crippen LogP contribution in [0.3, 0.4) is 0 Å². The number of hydrogen-bond donors (Lipinski definition) is 1. The molecule has 0 saturated heterocycles. The molecule has 3 nitrogen and oxygen atoms in total. The topological polar surface area (TPSA) is 54.4 Å². The number of carbonyl (C=O) groups is 1. The van der Waals surface area contributed by atoms with Crippen LogP contribution in [0.25, 0.3) is 0 Å². The first-order valence-electron chi connectivity index (χ1n) is 2.33. The molecule has 0 fully saturated rings. The third-order valence-corrected chi connectivity index (χ3v) is 2.39. The predicted octanol–water partition coefficient (Wildman–Crippen LogP) is 1.21. The van der Waals surface area contributed by atoms with E-state index in [4.69, 9.17) is 5.11 Å². The Hall–Kier alpha value is -0.560. The van der Waals surface area contributed by atoms with Crippen LogP contribution < -0.4 is 0 Å². The van der Waals surface area contributed by atoms with E-state index in [2.05, 4.69) is 6.58 Å². The summed E-state index contributed by atoms with van der Waals surface area (Å²) in [5.41, 5.74) is 0. The lowest BCUT2D eigenvalue weighted by molar-refractivity contribution is -0.131. The van der Waals surface area contributed by atoms with Crippen molar-refractivity contribution in [1.82, 2.24) is 0 Å². The lowest BCUT2D eigenvalue weighted by Gasteiger charge is -2.03. The fourth-order valence-electron chi connectivity index (χ4n) is 0.230. The summed E-state index contributed by atoms with van der Waals surface area (Å²) >= 11 is 0. The van der Waals surface area contributed by atoms with E-state index in [1.807, 2.05) is 0 Å². The van der Waals surface area contributed by atoms with Gasteiger partial charge in [0.1, 0.15) is 7.14 Å². The van der Waals surface area contributed by atoms with Gasteiger partial charge < -0.3 is 9.67 Å². The molecule has 0 aliphatic rings. The molecule has 0 aromatic rings. The predicted molar refractivity (Wildman–Crippen MR) is 36.2 cm³/mol. The number of rotatable bonds is 2. The van der Waals surface area contributed by atoms with E-state index < -0.39 is 13.1 Å². The molecule has 4 heteroatoms. The summed E-state index contributed by atoms with van der Waals surface area (Å²) < 4.78 is 10.9. The highest BCUT2D eigenvalue weighted by Gasteiger charge is 2.18. The molecule has 0 atom stereocenters. The number of aliphatic carboxylic acids is 1. The van der Waals surface area contributed by atoms with E-state index in [0.29, 0.717) is 0 Å². The molecule has 0 rings (SSSR count). The Morgan fingerprint density at radius 1 is 1.56 bits per heavy atom. The number of carboxylic acids is 1. The van der Waals surface area contributed by atoms with Gasteiger partial charge in [-0.05, 0) is 13.3 Å². The molecule has 0 bridgehead atoms. The van der Waals surface area contributed by atoms with Gasteiger partial charge >= 0.3 is 5.97 Å². The van der Waals surface area contributed by atoms with E-state index in [-0.39, 0.29) is 5.31 Å². The van der Waals surface area contributed by atoms with Crippen LogP contribution in [0, 0.1) is 0 Å². The lowest BCUT2D eigenvalue weighted by atomic mass is 10.7. The molecule has 0 aliphatic carbocycles. The third kappa shape index (κ3) is 2.47. The fraction of sp³-hybridized carbons (Fsp3) is 0.400. The normalized spacial score (nSPS) is 10.9. The first-order valence-corrected chi connectivity index (χ1v) is 4.93. The minimum Gasteiger partial charge on any atom is -0.478 e. The Labute approximate surface area is 53.8 Å². The molecular weight excluding hydrogens is 139 g/mol. The van der Waals surface area contributed by atoms with Gasteiger partial charge in [0.25, 0.3) is 0 Å². The van der Waals surface area contributed by atoms with Crippen molar-refractivity contribution >= 4 is 13.1 Å². The molecule has 0 amide bonds. The molecule has 0 aliphatic heterocycles. The average Bonchev–Trinajstić information content (AvgIpc) is 1.62. The van der Waals surface area contributed by atoms with Crippen molar-refractivity contribution in [3.63, 3.8) is 0 Å². The van der Waals surface area contributed by atoms with Gasteiger partial charge in [0, 0.05) is 0 Å². The summed E-state index contributed by atoms with van der Waals surface area (Å²) in [6.45, 7) is 5.92. The SMILES string of the molecule is C=C(C(=O)O)P(C)(C)=O. The molecule has 0 radical (unpaired) electrons. The van der Waals surface area contributed by atoms with Crippen molar-refractivity contribution in [1.29, 1.82) is 0 Å². The maximum absolute atomic E-state index is 10.9.